The van der Waals surface area contributed by atoms with Crippen LogP contribution in [0, 0.1) is 0 Å². The van der Waals surface area contributed by atoms with E-state index in [1.54, 1.807) is 11.3 Å². The van der Waals surface area contributed by atoms with Crippen LogP contribution in [-0.2, 0) is 6.42 Å². The van der Waals surface area contributed by atoms with E-state index in [0.717, 1.165) is 45.1 Å². The summed E-state index contributed by atoms with van der Waals surface area (Å²) in [4.78, 5) is 14.7. The Labute approximate surface area is 174 Å². The summed E-state index contributed by atoms with van der Waals surface area (Å²) in [6.45, 7) is 14.1. The molecule has 2 saturated heterocycles. The number of nitrogens with one attached hydrogen (secondary N) is 2. The van der Waals surface area contributed by atoms with Crippen LogP contribution in [-0.4, -0.2) is 67.2 Å². The summed E-state index contributed by atoms with van der Waals surface area (Å²) in [6.07, 6.45) is 7.54. The fourth-order valence-corrected chi connectivity index (χ4v) is 4.90. The third-order valence-electron chi connectivity index (χ3n) is 5.77. The average molecular weight is 407 g/mol. The number of hydrogen-bond acceptors (Lipinski definition) is 5. The summed E-state index contributed by atoms with van der Waals surface area (Å²) in [5, 5.41) is 10.3. The zero-order chi connectivity index (χ0) is 19.8. The molecule has 0 amide bonds. The first kappa shape index (κ1) is 21.4. The number of thiazole rings is 1. The van der Waals surface area contributed by atoms with Gasteiger partial charge in [0.2, 0.25) is 0 Å². The lowest BCUT2D eigenvalue weighted by molar-refractivity contribution is 0.102. The Morgan fingerprint density at radius 2 is 1.82 bits per heavy atom. The summed E-state index contributed by atoms with van der Waals surface area (Å²) in [5.41, 5.74) is 1.30. The smallest absolute Gasteiger partial charge is 0.191 e. The van der Waals surface area contributed by atoms with Gasteiger partial charge in [0.1, 0.15) is 0 Å². The van der Waals surface area contributed by atoms with Crippen molar-refractivity contribution >= 4 is 22.4 Å². The largest absolute Gasteiger partial charge is 0.357 e. The third-order valence-corrected chi connectivity index (χ3v) is 6.72. The van der Waals surface area contributed by atoms with Gasteiger partial charge >= 0.3 is 0 Å². The van der Waals surface area contributed by atoms with Crippen LogP contribution >= 0.6 is 11.3 Å². The van der Waals surface area contributed by atoms with Crippen LogP contribution in [0.3, 0.4) is 0 Å². The number of guanidine groups is 1. The molecule has 7 heteroatoms. The highest BCUT2D eigenvalue weighted by Crippen LogP contribution is 2.24. The second kappa shape index (κ2) is 10.4. The third kappa shape index (κ3) is 6.08. The van der Waals surface area contributed by atoms with Gasteiger partial charge in [-0.15, -0.1) is 11.3 Å². The molecule has 0 atom stereocenters. The maximum Gasteiger partial charge on any atom is 0.191 e. The van der Waals surface area contributed by atoms with Gasteiger partial charge in [0.15, 0.2) is 11.1 Å². The van der Waals surface area contributed by atoms with Crippen molar-refractivity contribution in [1.29, 1.82) is 0 Å². The number of likely N-dealkylation sites (tertiary alicyclic amines) is 1. The van der Waals surface area contributed by atoms with Crippen LogP contribution in [0.4, 0.5) is 5.13 Å². The Hall–Kier alpha value is -1.34. The van der Waals surface area contributed by atoms with Gasteiger partial charge in [0, 0.05) is 43.5 Å². The zero-order valence-corrected chi connectivity index (χ0v) is 18.8. The molecule has 0 spiro atoms. The molecule has 3 heterocycles. The van der Waals surface area contributed by atoms with Gasteiger partial charge in [-0.3, -0.25) is 9.89 Å². The second-order valence-electron chi connectivity index (χ2n) is 8.55. The fourth-order valence-electron chi connectivity index (χ4n) is 3.99. The predicted molar refractivity (Wildman–Crippen MR) is 121 cm³/mol. The average Bonchev–Trinajstić information content (AvgIpc) is 3.39. The first-order valence-electron chi connectivity index (χ1n) is 11.0. The quantitative estimate of drug-likeness (QED) is 0.513. The summed E-state index contributed by atoms with van der Waals surface area (Å²) < 4.78 is 0. The lowest BCUT2D eigenvalue weighted by atomic mass is 9.99. The molecule has 2 fully saturated rings. The van der Waals surface area contributed by atoms with E-state index in [1.807, 2.05) is 0 Å². The monoisotopic (exact) mass is 406 g/mol. The van der Waals surface area contributed by atoms with Crippen molar-refractivity contribution in [3.05, 3.63) is 11.1 Å². The number of aromatic nitrogens is 1. The van der Waals surface area contributed by atoms with Crippen molar-refractivity contribution < 1.29 is 0 Å². The van der Waals surface area contributed by atoms with Crippen LogP contribution in [0.1, 0.15) is 58.6 Å². The molecule has 1 aromatic heterocycles. The van der Waals surface area contributed by atoms with E-state index in [-0.39, 0.29) is 5.54 Å². The zero-order valence-electron chi connectivity index (χ0n) is 18.0. The molecule has 0 radical (unpaired) electrons. The van der Waals surface area contributed by atoms with Gasteiger partial charge in [-0.25, -0.2) is 4.98 Å². The van der Waals surface area contributed by atoms with E-state index >= 15 is 0 Å². The minimum absolute atomic E-state index is 0.113. The molecule has 3 rings (SSSR count). The SMILES string of the molecule is CCNC(=NCC(C)(C)N1CCCCC1)NCCc1csc(N2CCCC2)n1. The molecule has 1 aromatic rings. The molecule has 6 nitrogen and oxygen atoms in total. The number of nitrogens with zero attached hydrogens (tertiary/aromatic N) is 4. The van der Waals surface area contributed by atoms with Gasteiger partial charge in [-0.2, -0.15) is 0 Å². The van der Waals surface area contributed by atoms with Crippen LogP contribution in [0.5, 0.6) is 0 Å². The molecule has 28 heavy (non-hydrogen) atoms. The van der Waals surface area contributed by atoms with Crippen LogP contribution in [0.2, 0.25) is 0 Å². The topological polar surface area (TPSA) is 55.8 Å². The van der Waals surface area contributed by atoms with E-state index < -0.39 is 0 Å². The maximum atomic E-state index is 4.89. The second-order valence-corrected chi connectivity index (χ2v) is 9.38. The maximum absolute atomic E-state index is 4.89. The summed E-state index contributed by atoms with van der Waals surface area (Å²) in [7, 11) is 0. The molecule has 0 aliphatic carbocycles. The van der Waals surface area contributed by atoms with Crippen molar-refractivity contribution in [2.75, 3.05) is 50.7 Å². The summed E-state index contributed by atoms with van der Waals surface area (Å²) in [6, 6.07) is 0. The molecule has 2 N–H and O–H groups in total. The van der Waals surface area contributed by atoms with E-state index in [2.05, 4.69) is 46.6 Å². The minimum atomic E-state index is 0.113. The van der Waals surface area contributed by atoms with Crippen molar-refractivity contribution in [2.24, 2.45) is 4.99 Å². The molecule has 0 unspecified atom stereocenters. The molecular weight excluding hydrogens is 368 g/mol. The van der Waals surface area contributed by atoms with Crippen molar-refractivity contribution in [2.45, 2.75) is 64.8 Å². The molecule has 2 aliphatic rings. The van der Waals surface area contributed by atoms with E-state index in [9.17, 15) is 0 Å². The Balaban J connectivity index is 1.47. The summed E-state index contributed by atoms with van der Waals surface area (Å²) in [5.74, 6) is 0.919. The highest BCUT2D eigenvalue weighted by atomic mass is 32.1. The van der Waals surface area contributed by atoms with Crippen LogP contribution < -0.4 is 15.5 Å². The van der Waals surface area contributed by atoms with Crippen molar-refractivity contribution in [1.82, 2.24) is 20.5 Å². The van der Waals surface area contributed by atoms with E-state index in [1.165, 1.54) is 56.0 Å². The van der Waals surface area contributed by atoms with Crippen LogP contribution in [0.15, 0.2) is 10.4 Å². The molecular formula is C21H38N6S. The van der Waals surface area contributed by atoms with E-state index in [4.69, 9.17) is 9.98 Å². The standard InChI is InChI=1S/C21H38N6S/c1-4-22-19(24-17-21(2,3)27-14-6-5-7-15-27)23-11-10-18-16-28-20(25-18)26-12-8-9-13-26/h16H,4-15,17H2,1-3H3,(H2,22,23,24). The molecule has 0 bridgehead atoms. The number of piperidine rings is 1. The number of anilines is 1. The van der Waals surface area contributed by atoms with Crippen LogP contribution in [0.25, 0.3) is 0 Å². The Morgan fingerprint density at radius 3 is 2.54 bits per heavy atom. The van der Waals surface area contributed by atoms with Gasteiger partial charge in [-0.1, -0.05) is 6.42 Å². The van der Waals surface area contributed by atoms with Gasteiger partial charge in [-0.05, 0) is 59.5 Å². The van der Waals surface area contributed by atoms with Gasteiger partial charge in [0.25, 0.3) is 0 Å². The molecule has 2 aliphatic heterocycles. The predicted octanol–water partition coefficient (Wildman–Crippen LogP) is 3.11. The molecule has 158 valence electrons. The lowest BCUT2D eigenvalue weighted by Crippen LogP contribution is -2.49. The highest BCUT2D eigenvalue weighted by molar-refractivity contribution is 7.13. The Bertz CT molecular complexity index is 614. The minimum Gasteiger partial charge on any atom is -0.357 e. The number of hydrogen-bond donors (Lipinski definition) is 2. The highest BCUT2D eigenvalue weighted by Gasteiger charge is 2.27. The van der Waals surface area contributed by atoms with Crippen molar-refractivity contribution in [3.63, 3.8) is 0 Å². The number of rotatable bonds is 8. The lowest BCUT2D eigenvalue weighted by Gasteiger charge is -2.40. The van der Waals surface area contributed by atoms with E-state index in [0.29, 0.717) is 0 Å². The van der Waals surface area contributed by atoms with Crippen molar-refractivity contribution in [3.8, 4) is 0 Å². The van der Waals surface area contributed by atoms with Gasteiger partial charge < -0.3 is 15.5 Å². The molecule has 0 saturated carbocycles. The molecule has 0 aromatic carbocycles. The normalized spacial score (nSPS) is 19.2. The Morgan fingerprint density at radius 1 is 1.11 bits per heavy atom. The number of aliphatic imine (C=N–C) groups is 1. The first-order chi connectivity index (χ1) is 13.6. The fraction of sp³-hybridized carbons (Fsp3) is 0.810. The first-order valence-corrected chi connectivity index (χ1v) is 11.9. The van der Waals surface area contributed by atoms with Gasteiger partial charge in [0.05, 0.1) is 12.2 Å². The summed E-state index contributed by atoms with van der Waals surface area (Å²) >= 11 is 1.78. The Kier molecular flexibility index (Phi) is 7.97.